The van der Waals surface area contributed by atoms with E-state index in [9.17, 15) is 0 Å². The minimum absolute atomic E-state index is 0.0300. The Morgan fingerprint density at radius 2 is 0.686 bits per heavy atom. The number of furan rings is 1. The fourth-order valence-electron chi connectivity index (χ4n) is 9.03. The predicted molar refractivity (Wildman–Crippen MR) is 307 cm³/mol. The van der Waals surface area contributed by atoms with Crippen LogP contribution in [0.15, 0.2) is 101 Å². The SMILES string of the molecule is [B]c1c([B])c([B])c(N(c2c([B])c([B])c(-c3cc(-c4nc(-c5ccccc5)nc(-c5ccccc5)n4)cc4oc5ccccc5c34)c([B])c2[B])c2c([B])c([B])c3c([B])c([B])c([B])c([B])c3c2[B])c([B])c1[B]. The van der Waals surface area contributed by atoms with Crippen molar-refractivity contribution in [2.45, 2.75) is 0 Å². The van der Waals surface area contributed by atoms with Crippen LogP contribution in [0.2, 0.25) is 0 Å². The number of hydrogen-bond donors (Lipinski definition) is 0. The third kappa shape index (κ3) is 7.27. The molecule has 0 N–H and O–H groups in total. The van der Waals surface area contributed by atoms with Crippen molar-refractivity contribution in [3.8, 4) is 45.3 Å². The van der Waals surface area contributed by atoms with Crippen molar-refractivity contribution >= 4 is 263 Å². The lowest BCUT2D eigenvalue weighted by Crippen LogP contribution is -2.58. The predicted octanol–water partition coefficient (Wildman–Crippen LogP) is -6.24. The van der Waals surface area contributed by atoms with Gasteiger partial charge in [0.1, 0.15) is 137 Å². The summed E-state index contributed by atoms with van der Waals surface area (Å²) in [7, 11) is 108. The molecule has 0 saturated heterocycles. The molecule has 0 spiro atoms. The van der Waals surface area contributed by atoms with Crippen LogP contribution in [-0.2, 0) is 0 Å². The van der Waals surface area contributed by atoms with Gasteiger partial charge in [0.25, 0.3) is 0 Å². The Balaban J connectivity index is 1.30. The lowest BCUT2D eigenvalue weighted by atomic mass is 9.59. The van der Waals surface area contributed by atoms with E-state index in [0.29, 0.717) is 45.2 Å². The third-order valence-corrected chi connectivity index (χ3v) is 12.7. The molecule has 0 unspecified atom stereocenters. The molecule has 0 aliphatic heterocycles. The summed E-state index contributed by atoms with van der Waals surface area (Å²) in [6.45, 7) is 0. The van der Waals surface area contributed by atoms with Gasteiger partial charge in [0, 0.05) is 44.5 Å². The van der Waals surface area contributed by atoms with Crippen LogP contribution >= 0.6 is 0 Å². The molecule has 10 rings (SSSR count). The normalized spacial score (nSPS) is 11.5. The lowest BCUT2D eigenvalue weighted by Gasteiger charge is -2.40. The molecule has 32 radical (unpaired) electrons. The number of anilines is 3. The van der Waals surface area contributed by atoms with E-state index in [4.69, 9.17) is 145 Å². The number of aromatic nitrogens is 3. The van der Waals surface area contributed by atoms with E-state index in [-0.39, 0.29) is 121 Å². The van der Waals surface area contributed by atoms with Crippen LogP contribution < -0.4 is 92.3 Å². The Labute approximate surface area is 426 Å². The molecule has 0 atom stereocenters. The van der Waals surface area contributed by atoms with E-state index in [2.05, 4.69) is 0 Å². The van der Waals surface area contributed by atoms with Crippen LogP contribution in [0.4, 0.5) is 17.1 Å². The number of fused-ring (bicyclic) bond motifs is 4. The zero-order valence-corrected chi connectivity index (χ0v) is 37.2. The Kier molecular flexibility index (Phi) is 12.1. The van der Waals surface area contributed by atoms with Gasteiger partial charge in [-0.05, 0) is 40.1 Å². The molecule has 5 nitrogen and oxygen atoms in total. The Bertz CT molecular complexity index is 3750. The van der Waals surface area contributed by atoms with Gasteiger partial charge in [-0.2, -0.15) is 0 Å². The first-order valence-electron chi connectivity index (χ1n) is 21.3. The molecule has 0 aliphatic rings. The number of hydrogen-bond acceptors (Lipinski definition) is 5. The fraction of sp³-hybridized carbons (Fsp3) is 0. The average molecular weight is 850 g/mol. The summed E-state index contributed by atoms with van der Waals surface area (Å²) in [6.07, 6.45) is 0. The van der Waals surface area contributed by atoms with Gasteiger partial charge < -0.3 is 9.32 Å². The third-order valence-electron chi connectivity index (χ3n) is 12.7. The standard InChI is InChI=1S/C49H16B16N4O/c50-28-25(21-15-19(16-23-24(21)20-13-7-8-14-22(20)70-23)49-67-47(17-9-3-1-4-10-17)66-48(68-49)18-11-5-2-6-12-18)29(51)40(62)45(39(28)61)69(46-42(64)37(59)36(58)38(60)43(46)65)44-33(55)27-26(32(54)41(44)63)30(52)34(56)35(57)31(27)53/h1-16H. The Morgan fingerprint density at radius 3 is 1.20 bits per heavy atom. The topological polar surface area (TPSA) is 55.1 Å². The molecule has 2 heterocycles. The van der Waals surface area contributed by atoms with Crippen LogP contribution in [0, 0.1) is 0 Å². The van der Waals surface area contributed by atoms with Crippen molar-refractivity contribution < 1.29 is 4.42 Å². The first-order valence-corrected chi connectivity index (χ1v) is 21.3. The van der Waals surface area contributed by atoms with Gasteiger partial charge in [-0.3, -0.25) is 0 Å². The molecule has 70 heavy (non-hydrogen) atoms. The van der Waals surface area contributed by atoms with Gasteiger partial charge in [0.15, 0.2) is 17.5 Å². The van der Waals surface area contributed by atoms with Crippen molar-refractivity contribution in [3.63, 3.8) is 0 Å². The maximum atomic E-state index is 7.26. The molecular weight excluding hydrogens is 834 g/mol. The maximum absolute atomic E-state index is 7.26. The molecule has 0 fully saturated rings. The molecule has 0 amide bonds. The zero-order chi connectivity index (χ0) is 49.8. The highest BCUT2D eigenvalue weighted by Crippen LogP contribution is 2.39. The van der Waals surface area contributed by atoms with Crippen molar-refractivity contribution in [1.29, 1.82) is 0 Å². The van der Waals surface area contributed by atoms with Gasteiger partial charge in [-0.25, -0.2) is 15.0 Å². The second-order valence-electron chi connectivity index (χ2n) is 16.7. The molecule has 0 saturated carbocycles. The molecule has 0 aliphatic carbocycles. The first-order chi connectivity index (χ1) is 33.4. The number of nitrogens with zero attached hydrogens (tertiary/aromatic N) is 4. The monoisotopic (exact) mass is 852 g/mol. The van der Waals surface area contributed by atoms with Crippen molar-refractivity contribution in [3.05, 3.63) is 97.1 Å². The highest BCUT2D eigenvalue weighted by molar-refractivity contribution is 6.74. The fourth-order valence-corrected chi connectivity index (χ4v) is 9.03. The number of para-hydroxylation sites is 1. The first kappa shape index (κ1) is 47.4. The van der Waals surface area contributed by atoms with Crippen LogP contribution in [0.3, 0.4) is 0 Å². The minimum atomic E-state index is -0.188. The van der Waals surface area contributed by atoms with E-state index in [1.165, 1.54) is 4.90 Å². The van der Waals surface area contributed by atoms with Crippen LogP contribution in [0.1, 0.15) is 0 Å². The Morgan fingerprint density at radius 1 is 0.314 bits per heavy atom. The van der Waals surface area contributed by atoms with Crippen LogP contribution in [-0.4, -0.2) is 140 Å². The second kappa shape index (κ2) is 17.8. The number of benzene rings is 8. The molecule has 21 heteroatoms. The zero-order valence-electron chi connectivity index (χ0n) is 37.2. The molecular formula is C49H16B16N4O. The maximum Gasteiger partial charge on any atom is 0.164 e. The lowest BCUT2D eigenvalue weighted by molar-refractivity contribution is 0.669. The Hall–Kier alpha value is -6.33. The van der Waals surface area contributed by atoms with Crippen molar-refractivity contribution in [1.82, 2.24) is 15.0 Å². The van der Waals surface area contributed by atoms with E-state index in [1.807, 2.05) is 97.1 Å². The summed E-state index contributed by atoms with van der Waals surface area (Å²) in [5.74, 6) is 1.17. The summed E-state index contributed by atoms with van der Waals surface area (Å²) in [6, 6.07) is 30.2. The number of rotatable bonds is 7. The molecule has 10 aromatic rings. The van der Waals surface area contributed by atoms with Gasteiger partial charge in [-0.15, -0.1) is 27.3 Å². The summed E-state index contributed by atoms with van der Waals surface area (Å²) in [5.41, 5.74) is 1.47. The summed E-state index contributed by atoms with van der Waals surface area (Å²) in [4.78, 5) is 16.1. The highest BCUT2D eigenvalue weighted by atomic mass is 16.3. The van der Waals surface area contributed by atoms with Crippen LogP contribution in [0.5, 0.6) is 0 Å². The summed E-state index contributed by atoms with van der Waals surface area (Å²) >= 11 is 0. The second-order valence-corrected chi connectivity index (χ2v) is 16.7. The van der Waals surface area contributed by atoms with Crippen LogP contribution in [0.25, 0.3) is 78.0 Å². The highest BCUT2D eigenvalue weighted by Gasteiger charge is 2.30. The summed E-state index contributed by atoms with van der Waals surface area (Å²) in [5, 5.41) is 1.55. The molecule has 286 valence electrons. The van der Waals surface area contributed by atoms with E-state index >= 15 is 0 Å². The summed E-state index contributed by atoms with van der Waals surface area (Å²) < 4.78 is 6.53. The quantitative estimate of drug-likeness (QED) is 0.150. The van der Waals surface area contributed by atoms with Crippen molar-refractivity contribution in [2.24, 2.45) is 0 Å². The van der Waals surface area contributed by atoms with E-state index in [1.54, 1.807) is 0 Å². The average Bonchev–Trinajstić information content (AvgIpc) is 3.76. The smallest absolute Gasteiger partial charge is 0.164 e. The van der Waals surface area contributed by atoms with Gasteiger partial charge in [-0.1, -0.05) is 139 Å². The molecule has 8 aromatic carbocycles. The van der Waals surface area contributed by atoms with E-state index in [0.717, 1.165) is 16.5 Å². The largest absolute Gasteiger partial charge is 0.456 e. The molecule has 2 aromatic heterocycles. The van der Waals surface area contributed by atoms with Gasteiger partial charge in [0.05, 0.1) is 0 Å². The van der Waals surface area contributed by atoms with E-state index < -0.39 is 0 Å². The minimum Gasteiger partial charge on any atom is -0.456 e. The van der Waals surface area contributed by atoms with Crippen molar-refractivity contribution in [2.75, 3.05) is 4.90 Å². The molecule has 0 bridgehead atoms. The van der Waals surface area contributed by atoms with Gasteiger partial charge >= 0.3 is 0 Å². The van der Waals surface area contributed by atoms with Gasteiger partial charge in [0.2, 0.25) is 0 Å².